The maximum atomic E-state index is 2.22. The van der Waals surface area contributed by atoms with Gasteiger partial charge in [-0.2, -0.15) is 0 Å². The molecule has 2 rings (SSSR count). The van der Waals surface area contributed by atoms with Crippen molar-refractivity contribution in [1.29, 1.82) is 0 Å². The summed E-state index contributed by atoms with van der Waals surface area (Å²) in [6, 6.07) is 0. The van der Waals surface area contributed by atoms with Crippen LogP contribution in [0.3, 0.4) is 0 Å². The molecule has 76 valence electrons. The highest BCUT2D eigenvalue weighted by atomic mass is 32.2. The Kier molecular flexibility index (Phi) is 4.36. The molecule has 0 bridgehead atoms. The van der Waals surface area contributed by atoms with E-state index in [2.05, 4.69) is 23.5 Å². The molecule has 0 amide bonds. The van der Waals surface area contributed by atoms with Crippen LogP contribution in [0.4, 0.5) is 0 Å². The van der Waals surface area contributed by atoms with E-state index in [0.717, 1.165) is 10.5 Å². The number of thioether (sulfide) groups is 2. The molecule has 0 nitrogen and oxygen atoms in total. The van der Waals surface area contributed by atoms with Crippen molar-refractivity contribution in [3.8, 4) is 0 Å². The smallest absolute Gasteiger partial charge is 0.0505 e. The van der Waals surface area contributed by atoms with Crippen LogP contribution >= 0.6 is 23.5 Å². The van der Waals surface area contributed by atoms with Crippen LogP contribution < -0.4 is 0 Å². The Morgan fingerprint density at radius 1 is 0.846 bits per heavy atom. The van der Waals surface area contributed by atoms with E-state index in [-0.39, 0.29) is 0 Å². The standard InChI is InChI=1S/C11H20S2/c1-2-5-10(6-3-1)9-11-12-7-4-8-13-11/h10-11H,1-9H2. The lowest BCUT2D eigenvalue weighted by molar-refractivity contribution is 0.348. The van der Waals surface area contributed by atoms with Gasteiger partial charge in [-0.15, -0.1) is 23.5 Å². The molecule has 13 heavy (non-hydrogen) atoms. The molecule has 2 aliphatic rings. The van der Waals surface area contributed by atoms with Crippen molar-refractivity contribution in [2.24, 2.45) is 5.92 Å². The van der Waals surface area contributed by atoms with Crippen LogP contribution in [0.25, 0.3) is 0 Å². The monoisotopic (exact) mass is 216 g/mol. The third-order valence-electron chi connectivity index (χ3n) is 3.15. The Hall–Kier alpha value is 0.700. The number of hydrogen-bond acceptors (Lipinski definition) is 2. The summed E-state index contributed by atoms with van der Waals surface area (Å²) in [5, 5.41) is 0. The predicted octanol–water partition coefficient (Wildman–Crippen LogP) is 4.15. The first kappa shape index (κ1) is 10.2. The molecule has 0 radical (unpaired) electrons. The average molecular weight is 216 g/mol. The molecular weight excluding hydrogens is 196 g/mol. The van der Waals surface area contributed by atoms with Crippen molar-refractivity contribution >= 4 is 23.5 Å². The molecule has 1 aliphatic carbocycles. The zero-order valence-corrected chi connectivity index (χ0v) is 9.97. The van der Waals surface area contributed by atoms with Crippen molar-refractivity contribution in [3.63, 3.8) is 0 Å². The SMILES string of the molecule is C1CCC(CC2SCCCS2)CC1. The summed E-state index contributed by atoms with van der Waals surface area (Å²) in [5.41, 5.74) is 0. The maximum Gasteiger partial charge on any atom is 0.0505 e. The molecule has 0 aromatic carbocycles. The maximum absolute atomic E-state index is 2.22. The summed E-state index contributed by atoms with van der Waals surface area (Å²) in [4.78, 5) is 0. The van der Waals surface area contributed by atoms with Gasteiger partial charge >= 0.3 is 0 Å². The first-order chi connectivity index (χ1) is 6.45. The quantitative estimate of drug-likeness (QED) is 0.680. The highest BCUT2D eigenvalue weighted by Gasteiger charge is 2.21. The van der Waals surface area contributed by atoms with Gasteiger partial charge in [0.05, 0.1) is 4.58 Å². The Balaban J connectivity index is 1.69. The van der Waals surface area contributed by atoms with E-state index < -0.39 is 0 Å². The van der Waals surface area contributed by atoms with Gasteiger partial charge in [0.1, 0.15) is 0 Å². The minimum absolute atomic E-state index is 0.955. The third kappa shape index (κ3) is 3.39. The molecule has 0 unspecified atom stereocenters. The van der Waals surface area contributed by atoms with Crippen molar-refractivity contribution in [3.05, 3.63) is 0 Å². The molecule has 2 fully saturated rings. The Labute approximate surface area is 90.6 Å². The first-order valence-corrected chi connectivity index (χ1v) is 7.78. The molecule has 0 aromatic heterocycles. The molecule has 1 saturated carbocycles. The topological polar surface area (TPSA) is 0 Å². The molecule has 0 aromatic rings. The van der Waals surface area contributed by atoms with Crippen molar-refractivity contribution in [1.82, 2.24) is 0 Å². The third-order valence-corrected chi connectivity index (χ3v) is 6.14. The van der Waals surface area contributed by atoms with E-state index >= 15 is 0 Å². The van der Waals surface area contributed by atoms with Crippen LogP contribution in [0.15, 0.2) is 0 Å². The fourth-order valence-electron chi connectivity index (χ4n) is 2.37. The lowest BCUT2D eigenvalue weighted by atomic mass is 9.87. The minimum Gasteiger partial charge on any atom is -0.148 e. The van der Waals surface area contributed by atoms with Crippen LogP contribution in [0.5, 0.6) is 0 Å². The van der Waals surface area contributed by atoms with Crippen LogP contribution in [0, 0.1) is 5.92 Å². The highest BCUT2D eigenvalue weighted by Crippen LogP contribution is 2.38. The van der Waals surface area contributed by atoms with E-state index in [4.69, 9.17) is 0 Å². The van der Waals surface area contributed by atoms with E-state index in [0.29, 0.717) is 0 Å². The zero-order chi connectivity index (χ0) is 8.93. The molecule has 1 aliphatic heterocycles. The second kappa shape index (κ2) is 5.55. The summed E-state index contributed by atoms with van der Waals surface area (Å²) < 4.78 is 0.955. The second-order valence-corrected chi connectivity index (χ2v) is 7.18. The normalized spacial score (nSPS) is 27.7. The molecule has 0 N–H and O–H groups in total. The predicted molar refractivity (Wildman–Crippen MR) is 64.5 cm³/mol. The lowest BCUT2D eigenvalue weighted by Crippen LogP contribution is -2.14. The van der Waals surface area contributed by atoms with Gasteiger partial charge < -0.3 is 0 Å². The van der Waals surface area contributed by atoms with Crippen molar-refractivity contribution < 1.29 is 0 Å². The Morgan fingerprint density at radius 3 is 2.23 bits per heavy atom. The van der Waals surface area contributed by atoms with Crippen LogP contribution in [-0.2, 0) is 0 Å². The van der Waals surface area contributed by atoms with E-state index in [1.165, 1.54) is 56.5 Å². The van der Waals surface area contributed by atoms with Gasteiger partial charge in [0.2, 0.25) is 0 Å². The van der Waals surface area contributed by atoms with Gasteiger partial charge in [-0.25, -0.2) is 0 Å². The molecule has 2 heteroatoms. The lowest BCUT2D eigenvalue weighted by Gasteiger charge is -2.28. The van der Waals surface area contributed by atoms with Gasteiger partial charge in [-0.3, -0.25) is 0 Å². The largest absolute Gasteiger partial charge is 0.148 e. The first-order valence-electron chi connectivity index (χ1n) is 5.68. The van der Waals surface area contributed by atoms with Gasteiger partial charge in [0.25, 0.3) is 0 Å². The van der Waals surface area contributed by atoms with Crippen molar-refractivity contribution in [2.75, 3.05) is 11.5 Å². The molecule has 0 spiro atoms. The fourth-order valence-corrected chi connectivity index (χ4v) is 5.48. The average Bonchev–Trinajstić information content (AvgIpc) is 2.21. The second-order valence-electron chi connectivity index (χ2n) is 4.26. The summed E-state index contributed by atoms with van der Waals surface area (Å²) in [7, 11) is 0. The summed E-state index contributed by atoms with van der Waals surface area (Å²) in [6.45, 7) is 0. The minimum atomic E-state index is 0.955. The van der Waals surface area contributed by atoms with E-state index in [1.807, 2.05) is 0 Å². The number of rotatable bonds is 2. The highest BCUT2D eigenvalue weighted by molar-refractivity contribution is 8.17. The summed E-state index contributed by atoms with van der Waals surface area (Å²) in [5.74, 6) is 3.92. The Bertz CT molecular complexity index is 119. The molecule has 0 atom stereocenters. The van der Waals surface area contributed by atoms with Gasteiger partial charge in [-0.1, -0.05) is 32.1 Å². The molecular formula is C11H20S2. The summed E-state index contributed by atoms with van der Waals surface area (Å²) >= 11 is 4.44. The van der Waals surface area contributed by atoms with Crippen LogP contribution in [-0.4, -0.2) is 16.1 Å². The molecule has 1 saturated heterocycles. The van der Waals surface area contributed by atoms with Crippen molar-refractivity contribution in [2.45, 2.75) is 49.5 Å². The van der Waals surface area contributed by atoms with Gasteiger partial charge in [0, 0.05) is 0 Å². The van der Waals surface area contributed by atoms with Crippen LogP contribution in [0.1, 0.15) is 44.9 Å². The van der Waals surface area contributed by atoms with Gasteiger partial charge in [-0.05, 0) is 30.3 Å². The fraction of sp³-hybridized carbons (Fsp3) is 1.00. The Morgan fingerprint density at radius 2 is 1.54 bits per heavy atom. The van der Waals surface area contributed by atoms with E-state index in [9.17, 15) is 0 Å². The number of hydrogen-bond donors (Lipinski definition) is 0. The molecule has 1 heterocycles. The summed E-state index contributed by atoms with van der Waals surface area (Å²) in [6.07, 6.45) is 10.5. The van der Waals surface area contributed by atoms with Gasteiger partial charge in [0.15, 0.2) is 0 Å². The van der Waals surface area contributed by atoms with Crippen LogP contribution in [0.2, 0.25) is 0 Å². The van der Waals surface area contributed by atoms with E-state index in [1.54, 1.807) is 0 Å². The zero-order valence-electron chi connectivity index (χ0n) is 8.34.